The predicted molar refractivity (Wildman–Crippen MR) is 101 cm³/mol. The fourth-order valence-corrected chi connectivity index (χ4v) is 3.56. The lowest BCUT2D eigenvalue weighted by atomic mass is 9.91. The molecule has 4 nitrogen and oxygen atoms in total. The number of hydrogen-bond acceptors (Lipinski definition) is 4. The van der Waals surface area contributed by atoms with Gasteiger partial charge in [-0.2, -0.15) is 0 Å². The summed E-state index contributed by atoms with van der Waals surface area (Å²) in [7, 11) is 1.74. The summed E-state index contributed by atoms with van der Waals surface area (Å²) in [6, 6.07) is 10.7. The minimum absolute atomic E-state index is 0.0812. The molecule has 2 atom stereocenters. The van der Waals surface area contributed by atoms with Gasteiger partial charge >= 0.3 is 5.97 Å². The van der Waals surface area contributed by atoms with Crippen LogP contribution >= 0.6 is 0 Å². The molecule has 0 spiro atoms. The van der Waals surface area contributed by atoms with Crippen LogP contribution in [0.5, 0.6) is 0 Å². The van der Waals surface area contributed by atoms with Crippen LogP contribution in [0.25, 0.3) is 0 Å². The van der Waals surface area contributed by atoms with Crippen LogP contribution in [0.4, 0.5) is 0 Å². The van der Waals surface area contributed by atoms with Gasteiger partial charge < -0.3 is 14.4 Å². The van der Waals surface area contributed by atoms with Crippen molar-refractivity contribution >= 4 is 5.97 Å². The quantitative estimate of drug-likeness (QED) is 0.733. The standard InChI is InChI=1S/C21H33NO3/c1-21(2,3)25-20(23)14-17-10-11-19(18-8-6-5-7-9-18)16-22(15-17)12-13-24-4/h5-9,17,19H,10-16H2,1-4H3. The third-order valence-electron chi connectivity index (χ3n) is 4.68. The Kier molecular flexibility index (Phi) is 7.45. The van der Waals surface area contributed by atoms with Crippen molar-refractivity contribution in [3.05, 3.63) is 35.9 Å². The number of likely N-dealkylation sites (tertiary alicyclic amines) is 1. The summed E-state index contributed by atoms with van der Waals surface area (Å²) in [5.74, 6) is 0.782. The van der Waals surface area contributed by atoms with Crippen molar-refractivity contribution in [2.45, 2.75) is 51.6 Å². The molecule has 140 valence electrons. The topological polar surface area (TPSA) is 38.8 Å². The summed E-state index contributed by atoms with van der Waals surface area (Å²) in [5, 5.41) is 0. The molecule has 1 aliphatic heterocycles. The molecule has 0 saturated carbocycles. The van der Waals surface area contributed by atoms with E-state index >= 15 is 0 Å². The Morgan fingerprint density at radius 2 is 1.88 bits per heavy atom. The van der Waals surface area contributed by atoms with Crippen LogP contribution in [0.15, 0.2) is 30.3 Å². The molecule has 0 radical (unpaired) electrons. The van der Waals surface area contributed by atoms with E-state index in [1.54, 1.807) is 7.11 Å². The van der Waals surface area contributed by atoms with E-state index in [9.17, 15) is 4.79 Å². The Labute approximate surface area is 152 Å². The number of benzene rings is 1. The van der Waals surface area contributed by atoms with Gasteiger partial charge in [0.2, 0.25) is 0 Å². The van der Waals surface area contributed by atoms with Crippen LogP contribution in [0.3, 0.4) is 0 Å². The second kappa shape index (κ2) is 9.35. The average molecular weight is 347 g/mol. The molecule has 0 bridgehead atoms. The fourth-order valence-electron chi connectivity index (χ4n) is 3.56. The minimum atomic E-state index is -0.413. The van der Waals surface area contributed by atoms with E-state index in [2.05, 4.69) is 35.2 Å². The molecule has 1 aromatic rings. The SMILES string of the molecule is COCCN1CC(CC(=O)OC(C)(C)C)CCC(c2ccccc2)C1. The van der Waals surface area contributed by atoms with E-state index in [0.29, 0.717) is 18.3 Å². The first-order valence-corrected chi connectivity index (χ1v) is 9.35. The normalized spacial score (nSPS) is 22.4. The molecule has 1 fully saturated rings. The Bertz CT molecular complexity index is 524. The highest BCUT2D eigenvalue weighted by molar-refractivity contribution is 5.70. The third kappa shape index (κ3) is 7.17. The number of carbonyl (C=O) groups is 1. The maximum Gasteiger partial charge on any atom is 0.306 e. The van der Waals surface area contributed by atoms with Crippen molar-refractivity contribution in [3.63, 3.8) is 0 Å². The highest BCUT2D eigenvalue weighted by Crippen LogP contribution is 2.30. The number of methoxy groups -OCH3 is 1. The molecule has 1 heterocycles. The number of ether oxygens (including phenoxy) is 2. The molecule has 25 heavy (non-hydrogen) atoms. The number of hydrogen-bond donors (Lipinski definition) is 0. The summed E-state index contributed by atoms with van der Waals surface area (Å²) < 4.78 is 10.8. The Hall–Kier alpha value is -1.39. The maximum absolute atomic E-state index is 12.2. The largest absolute Gasteiger partial charge is 0.460 e. The Morgan fingerprint density at radius 3 is 2.52 bits per heavy atom. The monoisotopic (exact) mass is 347 g/mol. The van der Waals surface area contributed by atoms with Crippen LogP contribution in [-0.4, -0.2) is 49.8 Å². The highest BCUT2D eigenvalue weighted by atomic mass is 16.6. The zero-order valence-electron chi connectivity index (χ0n) is 16.2. The molecule has 0 amide bonds. The number of esters is 1. The van der Waals surface area contributed by atoms with Crippen molar-refractivity contribution in [2.24, 2.45) is 5.92 Å². The molecule has 2 rings (SSSR count). The van der Waals surface area contributed by atoms with Gasteiger partial charge in [0.05, 0.1) is 6.61 Å². The summed E-state index contributed by atoms with van der Waals surface area (Å²) in [6.07, 6.45) is 2.67. The number of nitrogens with zero attached hydrogens (tertiary/aromatic N) is 1. The van der Waals surface area contributed by atoms with Crippen molar-refractivity contribution < 1.29 is 14.3 Å². The number of rotatable bonds is 6. The van der Waals surface area contributed by atoms with Gasteiger partial charge in [-0.25, -0.2) is 0 Å². The first kappa shape index (κ1) is 19.9. The molecule has 1 aromatic carbocycles. The van der Waals surface area contributed by atoms with E-state index in [4.69, 9.17) is 9.47 Å². The molecule has 0 aliphatic carbocycles. The van der Waals surface area contributed by atoms with Gasteiger partial charge in [0.15, 0.2) is 0 Å². The second-order valence-corrected chi connectivity index (χ2v) is 8.09. The zero-order valence-corrected chi connectivity index (χ0v) is 16.2. The van der Waals surface area contributed by atoms with Gasteiger partial charge in [0.1, 0.15) is 5.60 Å². The van der Waals surface area contributed by atoms with Gasteiger partial charge in [0.25, 0.3) is 0 Å². The molecule has 1 saturated heterocycles. The first-order chi connectivity index (χ1) is 11.9. The van der Waals surface area contributed by atoms with Crippen molar-refractivity contribution in [2.75, 3.05) is 33.4 Å². The summed E-state index contributed by atoms with van der Waals surface area (Å²) >= 11 is 0. The molecular formula is C21H33NO3. The molecule has 1 aliphatic rings. The molecular weight excluding hydrogens is 314 g/mol. The second-order valence-electron chi connectivity index (χ2n) is 8.09. The van der Waals surface area contributed by atoms with E-state index in [0.717, 1.165) is 39.1 Å². The lowest BCUT2D eigenvalue weighted by molar-refractivity contribution is -0.156. The van der Waals surface area contributed by atoms with E-state index in [1.165, 1.54) is 5.56 Å². The molecule has 4 heteroatoms. The predicted octanol–water partition coefficient (Wildman–Crippen LogP) is 3.86. The van der Waals surface area contributed by atoms with E-state index in [1.807, 2.05) is 20.8 Å². The maximum atomic E-state index is 12.2. The lowest BCUT2D eigenvalue weighted by Crippen LogP contribution is -2.34. The fraction of sp³-hybridized carbons (Fsp3) is 0.667. The summed E-state index contributed by atoms with van der Waals surface area (Å²) in [6.45, 7) is 9.37. The summed E-state index contributed by atoms with van der Waals surface area (Å²) in [4.78, 5) is 14.7. The van der Waals surface area contributed by atoms with Crippen molar-refractivity contribution in [1.82, 2.24) is 4.90 Å². The highest BCUT2D eigenvalue weighted by Gasteiger charge is 2.27. The zero-order chi connectivity index (χ0) is 18.3. The summed E-state index contributed by atoms with van der Waals surface area (Å²) in [5.41, 5.74) is 0.979. The van der Waals surface area contributed by atoms with Crippen molar-refractivity contribution in [3.8, 4) is 0 Å². The Morgan fingerprint density at radius 1 is 1.16 bits per heavy atom. The van der Waals surface area contributed by atoms with Crippen LogP contribution in [0, 0.1) is 5.92 Å². The van der Waals surface area contributed by atoms with Gasteiger partial charge in [-0.15, -0.1) is 0 Å². The van der Waals surface area contributed by atoms with Gasteiger partial charge in [-0.3, -0.25) is 4.79 Å². The van der Waals surface area contributed by atoms with Crippen LogP contribution in [0.2, 0.25) is 0 Å². The lowest BCUT2D eigenvalue weighted by Gasteiger charge is -2.26. The van der Waals surface area contributed by atoms with Gasteiger partial charge in [0, 0.05) is 33.2 Å². The average Bonchev–Trinajstić information content (AvgIpc) is 2.74. The van der Waals surface area contributed by atoms with Crippen LogP contribution in [-0.2, 0) is 14.3 Å². The minimum Gasteiger partial charge on any atom is -0.460 e. The van der Waals surface area contributed by atoms with E-state index < -0.39 is 5.60 Å². The van der Waals surface area contributed by atoms with Gasteiger partial charge in [-0.05, 0) is 51.0 Å². The van der Waals surface area contributed by atoms with Gasteiger partial charge in [-0.1, -0.05) is 30.3 Å². The van der Waals surface area contributed by atoms with E-state index in [-0.39, 0.29) is 5.97 Å². The molecule has 0 aromatic heterocycles. The van der Waals surface area contributed by atoms with Crippen molar-refractivity contribution in [1.29, 1.82) is 0 Å². The van der Waals surface area contributed by atoms with Crippen LogP contribution < -0.4 is 0 Å². The number of carbonyl (C=O) groups excluding carboxylic acids is 1. The smallest absolute Gasteiger partial charge is 0.306 e. The Balaban J connectivity index is 2.02. The van der Waals surface area contributed by atoms with Crippen LogP contribution in [0.1, 0.15) is 51.5 Å². The third-order valence-corrected chi connectivity index (χ3v) is 4.68. The first-order valence-electron chi connectivity index (χ1n) is 9.35. The molecule has 0 N–H and O–H groups in total. The molecule has 2 unspecified atom stereocenters.